The lowest BCUT2D eigenvalue weighted by Crippen LogP contribution is -1.96. The topological polar surface area (TPSA) is 81.4 Å². The lowest BCUT2D eigenvalue weighted by molar-refractivity contribution is 0.324. The number of hydrogen-bond donors (Lipinski definition) is 0. The molecule has 0 aliphatic carbocycles. The van der Waals surface area contributed by atoms with E-state index in [0.717, 1.165) is 11.1 Å². The van der Waals surface area contributed by atoms with Crippen molar-refractivity contribution in [2.75, 3.05) is 42.7 Å². The van der Waals surface area contributed by atoms with Crippen LogP contribution in [0.4, 0.5) is 0 Å². The summed E-state index contributed by atoms with van der Waals surface area (Å²) in [5.41, 5.74) is 2.26. The second kappa shape index (κ2) is 11.0. The predicted molar refractivity (Wildman–Crippen MR) is 127 cm³/mol. The van der Waals surface area contributed by atoms with Gasteiger partial charge < -0.3 is 32.9 Å². The maximum atomic E-state index is 5.51. The molecule has 3 rings (SSSR count). The molecule has 1 heterocycles. The minimum absolute atomic E-state index is 0.521. The van der Waals surface area contributed by atoms with Gasteiger partial charge in [-0.2, -0.15) is 0 Å². The van der Waals surface area contributed by atoms with Crippen molar-refractivity contribution in [2.24, 2.45) is 0 Å². The zero-order valence-electron chi connectivity index (χ0n) is 19.5. The van der Waals surface area contributed by atoms with E-state index in [1.807, 2.05) is 48.6 Å². The van der Waals surface area contributed by atoms with E-state index < -0.39 is 0 Å². The minimum Gasteiger partial charge on any atom is -0.493 e. The Labute approximate surface area is 192 Å². The van der Waals surface area contributed by atoms with E-state index >= 15 is 0 Å². The monoisotopic (exact) mass is 453 g/mol. The average molecular weight is 453 g/mol. The Morgan fingerprint density at radius 1 is 0.576 bits per heavy atom. The first-order valence-electron chi connectivity index (χ1n) is 10.0. The van der Waals surface area contributed by atoms with Crippen LogP contribution in [0.15, 0.2) is 34.9 Å². The Morgan fingerprint density at radius 3 is 1.52 bits per heavy atom. The van der Waals surface area contributed by atoms with E-state index in [0.29, 0.717) is 46.0 Å². The molecule has 0 saturated heterocycles. The van der Waals surface area contributed by atoms with Gasteiger partial charge in [0.05, 0.1) is 42.7 Å². The molecular formula is C25H27NO7. The smallest absolute Gasteiger partial charge is 0.203 e. The van der Waals surface area contributed by atoms with Gasteiger partial charge in [-0.3, -0.25) is 0 Å². The summed E-state index contributed by atoms with van der Waals surface area (Å²) < 4.78 is 37.9. The van der Waals surface area contributed by atoms with Gasteiger partial charge in [-0.15, -0.1) is 0 Å². The van der Waals surface area contributed by atoms with E-state index in [1.165, 1.54) is 0 Å². The van der Waals surface area contributed by atoms with E-state index in [9.17, 15) is 0 Å². The molecule has 2 aromatic carbocycles. The fourth-order valence-electron chi connectivity index (χ4n) is 3.32. The second-order valence-corrected chi connectivity index (χ2v) is 6.67. The molecule has 0 saturated carbocycles. The Hall–Kier alpha value is -4.07. The molecule has 33 heavy (non-hydrogen) atoms. The summed E-state index contributed by atoms with van der Waals surface area (Å²) in [5.74, 6) is 3.92. The Bertz CT molecular complexity index is 1060. The molecule has 0 atom stereocenters. The van der Waals surface area contributed by atoms with Gasteiger partial charge in [0.2, 0.25) is 11.5 Å². The van der Waals surface area contributed by atoms with Crippen molar-refractivity contribution in [3.05, 3.63) is 52.9 Å². The average Bonchev–Trinajstić information content (AvgIpc) is 3.32. The molecule has 0 bridgehead atoms. The normalized spacial score (nSPS) is 11.1. The first-order valence-corrected chi connectivity index (χ1v) is 10.0. The van der Waals surface area contributed by atoms with Crippen LogP contribution in [0.5, 0.6) is 34.5 Å². The molecule has 0 radical (unpaired) electrons. The van der Waals surface area contributed by atoms with Gasteiger partial charge in [-0.25, -0.2) is 0 Å². The molecule has 0 unspecified atom stereocenters. The molecule has 3 aromatic rings. The van der Waals surface area contributed by atoms with Gasteiger partial charge in [0.1, 0.15) is 5.69 Å². The van der Waals surface area contributed by atoms with Crippen LogP contribution in [0.1, 0.15) is 22.6 Å². The van der Waals surface area contributed by atoms with Gasteiger partial charge in [0.25, 0.3) is 0 Å². The Morgan fingerprint density at radius 2 is 1.06 bits per heavy atom. The van der Waals surface area contributed by atoms with Crippen LogP contribution < -0.4 is 28.4 Å². The van der Waals surface area contributed by atoms with Crippen LogP contribution in [-0.2, 0) is 0 Å². The fourth-order valence-corrected chi connectivity index (χ4v) is 3.32. The zero-order valence-corrected chi connectivity index (χ0v) is 19.5. The third-order valence-corrected chi connectivity index (χ3v) is 4.88. The SMILES string of the molecule is COc1ccc(C=Cc2cc(C=Cc3ccc(OC)c(OC)c3OC)on2)c(OC)c1OC. The van der Waals surface area contributed by atoms with Crippen molar-refractivity contribution >= 4 is 24.3 Å². The van der Waals surface area contributed by atoms with Crippen LogP contribution >= 0.6 is 0 Å². The highest BCUT2D eigenvalue weighted by molar-refractivity contribution is 5.77. The lowest BCUT2D eigenvalue weighted by Gasteiger charge is -2.13. The maximum Gasteiger partial charge on any atom is 0.203 e. The number of methoxy groups -OCH3 is 6. The number of benzene rings is 2. The van der Waals surface area contributed by atoms with Crippen molar-refractivity contribution < 1.29 is 32.9 Å². The van der Waals surface area contributed by atoms with E-state index in [1.54, 1.807) is 48.7 Å². The van der Waals surface area contributed by atoms with Gasteiger partial charge in [0, 0.05) is 17.2 Å². The van der Waals surface area contributed by atoms with Crippen molar-refractivity contribution in [3.63, 3.8) is 0 Å². The van der Waals surface area contributed by atoms with E-state index in [-0.39, 0.29) is 0 Å². The molecule has 8 heteroatoms. The third-order valence-electron chi connectivity index (χ3n) is 4.88. The highest BCUT2D eigenvalue weighted by Crippen LogP contribution is 2.41. The summed E-state index contributed by atoms with van der Waals surface area (Å²) >= 11 is 0. The number of nitrogens with zero attached hydrogens (tertiary/aromatic N) is 1. The molecule has 1 aromatic heterocycles. The van der Waals surface area contributed by atoms with Crippen molar-refractivity contribution in [1.29, 1.82) is 0 Å². The summed E-state index contributed by atoms with van der Waals surface area (Å²) in [6.07, 6.45) is 7.34. The van der Waals surface area contributed by atoms with Gasteiger partial charge in [0.15, 0.2) is 28.8 Å². The summed E-state index contributed by atoms with van der Waals surface area (Å²) in [4.78, 5) is 0. The quantitative estimate of drug-likeness (QED) is 0.421. The zero-order chi connectivity index (χ0) is 23.8. The van der Waals surface area contributed by atoms with Crippen LogP contribution in [0.2, 0.25) is 0 Å². The molecule has 8 nitrogen and oxygen atoms in total. The minimum atomic E-state index is 0.521. The first-order chi connectivity index (χ1) is 16.1. The molecule has 0 fully saturated rings. The number of ether oxygens (including phenoxy) is 6. The van der Waals surface area contributed by atoms with E-state index in [2.05, 4.69) is 5.16 Å². The third kappa shape index (κ3) is 5.06. The lowest BCUT2D eigenvalue weighted by atomic mass is 10.1. The highest BCUT2D eigenvalue weighted by atomic mass is 16.5. The van der Waals surface area contributed by atoms with Crippen molar-refractivity contribution in [2.45, 2.75) is 0 Å². The van der Waals surface area contributed by atoms with E-state index in [4.69, 9.17) is 32.9 Å². The molecule has 0 aliphatic heterocycles. The molecular weight excluding hydrogens is 426 g/mol. The number of aromatic nitrogens is 1. The van der Waals surface area contributed by atoms with Crippen molar-refractivity contribution in [3.8, 4) is 34.5 Å². The molecule has 0 amide bonds. The predicted octanol–water partition coefficient (Wildman–Crippen LogP) is 5.07. The summed E-state index contributed by atoms with van der Waals surface area (Å²) in [6.45, 7) is 0. The summed E-state index contributed by atoms with van der Waals surface area (Å²) in [6, 6.07) is 9.19. The molecule has 0 spiro atoms. The largest absolute Gasteiger partial charge is 0.493 e. The van der Waals surface area contributed by atoms with Crippen LogP contribution in [-0.4, -0.2) is 47.8 Å². The maximum absolute atomic E-state index is 5.51. The van der Waals surface area contributed by atoms with Crippen LogP contribution in [0.25, 0.3) is 24.3 Å². The summed E-state index contributed by atoms with van der Waals surface area (Å²) in [5, 5.41) is 4.09. The van der Waals surface area contributed by atoms with Gasteiger partial charge >= 0.3 is 0 Å². The van der Waals surface area contributed by atoms with Gasteiger partial charge in [-0.1, -0.05) is 5.16 Å². The number of hydrogen-bond acceptors (Lipinski definition) is 8. The summed E-state index contributed by atoms with van der Waals surface area (Å²) in [7, 11) is 9.45. The Kier molecular flexibility index (Phi) is 7.86. The fraction of sp³-hybridized carbons (Fsp3) is 0.240. The van der Waals surface area contributed by atoms with Gasteiger partial charge in [-0.05, 0) is 48.6 Å². The Balaban J connectivity index is 1.83. The standard InChI is InChI=1S/C25H27NO7/c1-27-20-13-9-16(22(29-3)24(20)31-5)7-11-18-15-19(33-26-18)12-8-17-10-14-21(28-2)25(32-6)23(17)30-4/h7-15H,1-6H3. The molecule has 0 aliphatic rings. The number of rotatable bonds is 10. The first kappa shape index (κ1) is 23.6. The molecule has 174 valence electrons. The van der Waals surface area contributed by atoms with Crippen LogP contribution in [0, 0.1) is 0 Å². The van der Waals surface area contributed by atoms with Crippen LogP contribution in [0.3, 0.4) is 0 Å². The molecule has 0 N–H and O–H groups in total. The van der Waals surface area contributed by atoms with Crippen molar-refractivity contribution in [1.82, 2.24) is 5.16 Å². The highest BCUT2D eigenvalue weighted by Gasteiger charge is 2.15. The second-order valence-electron chi connectivity index (χ2n) is 6.67.